The Hall–Kier alpha value is 0.0969. The van der Waals surface area contributed by atoms with Gasteiger partial charge in [-0.3, -0.25) is 0 Å². The molecule has 0 heterocycles. The van der Waals surface area contributed by atoms with Crippen molar-refractivity contribution in [2.75, 3.05) is 6.61 Å². The monoisotopic (exact) mass is 205 g/mol. The van der Waals surface area contributed by atoms with Crippen molar-refractivity contribution in [1.82, 2.24) is 0 Å². The van der Waals surface area contributed by atoms with Crippen molar-refractivity contribution in [3.05, 3.63) is 0 Å². The normalized spacial score (nSPS) is 15.9. The van der Waals surface area contributed by atoms with Gasteiger partial charge in [-0.15, -0.1) is 0 Å². The van der Waals surface area contributed by atoms with Crippen LogP contribution in [-0.4, -0.2) is 26.3 Å². The van der Waals surface area contributed by atoms with Gasteiger partial charge in [0.15, 0.2) is 8.32 Å². The molecule has 1 unspecified atom stereocenters. The van der Waals surface area contributed by atoms with Crippen LogP contribution in [0.3, 0.4) is 0 Å². The van der Waals surface area contributed by atoms with Crippen molar-refractivity contribution >= 4 is 8.32 Å². The molecule has 0 saturated carbocycles. The highest BCUT2D eigenvalue weighted by Gasteiger charge is 2.36. The van der Waals surface area contributed by atoms with Crippen LogP contribution in [-0.2, 0) is 4.43 Å². The summed E-state index contributed by atoms with van der Waals surface area (Å²) in [7, 11) is -1.64. The van der Waals surface area contributed by atoms with Crippen molar-refractivity contribution in [2.24, 2.45) is 5.73 Å². The highest BCUT2D eigenvalue weighted by atomic mass is 28.4. The summed E-state index contributed by atoms with van der Waals surface area (Å²) in [4.78, 5) is 0. The summed E-state index contributed by atoms with van der Waals surface area (Å²) in [6, 6.07) is 0. The Balaban J connectivity index is 3.90. The Morgan fingerprint density at radius 2 is 1.85 bits per heavy atom. The molecule has 0 aromatic rings. The number of rotatable bonds is 4. The highest BCUT2D eigenvalue weighted by Crippen LogP contribution is 2.36. The van der Waals surface area contributed by atoms with Crippen molar-refractivity contribution in [2.45, 2.75) is 51.6 Å². The molecular weight excluding hydrogens is 182 g/mol. The third-order valence-corrected chi connectivity index (χ3v) is 7.22. The second kappa shape index (κ2) is 4.55. The predicted molar refractivity (Wildman–Crippen MR) is 58.0 cm³/mol. The Morgan fingerprint density at radius 1 is 1.38 bits per heavy atom. The van der Waals surface area contributed by atoms with Crippen LogP contribution >= 0.6 is 0 Å². The van der Waals surface area contributed by atoms with Crippen LogP contribution in [0.15, 0.2) is 0 Å². The standard InChI is InChI=1S/C9H23NO2Si/c1-9(2,3)13(4,5)12-7-6-8(10)11/h8,11H,6-7,10H2,1-5H3. The molecule has 13 heavy (non-hydrogen) atoms. The molecule has 0 saturated heterocycles. The van der Waals surface area contributed by atoms with Gasteiger partial charge in [-0.2, -0.15) is 0 Å². The van der Waals surface area contributed by atoms with Gasteiger partial charge in [0.05, 0.1) is 0 Å². The van der Waals surface area contributed by atoms with Gasteiger partial charge in [0.25, 0.3) is 0 Å². The summed E-state index contributed by atoms with van der Waals surface area (Å²) < 4.78 is 5.80. The minimum absolute atomic E-state index is 0.229. The molecule has 0 spiro atoms. The van der Waals surface area contributed by atoms with Crippen LogP contribution in [0.2, 0.25) is 18.1 Å². The third-order valence-electron chi connectivity index (χ3n) is 2.68. The fraction of sp³-hybridized carbons (Fsp3) is 1.00. The molecule has 0 bridgehead atoms. The van der Waals surface area contributed by atoms with Crippen molar-refractivity contribution < 1.29 is 9.53 Å². The molecule has 0 fully saturated rings. The lowest BCUT2D eigenvalue weighted by molar-refractivity contribution is 0.141. The van der Waals surface area contributed by atoms with Crippen LogP contribution < -0.4 is 5.73 Å². The van der Waals surface area contributed by atoms with E-state index in [1.807, 2.05) is 0 Å². The lowest BCUT2D eigenvalue weighted by Crippen LogP contribution is -2.41. The van der Waals surface area contributed by atoms with E-state index < -0.39 is 14.5 Å². The summed E-state index contributed by atoms with van der Waals surface area (Å²) in [6.07, 6.45) is -0.225. The Kier molecular flexibility index (Phi) is 4.58. The van der Waals surface area contributed by atoms with Crippen molar-refractivity contribution in [3.8, 4) is 0 Å². The Labute approximate surface area is 82.4 Å². The number of aliphatic hydroxyl groups excluding tert-OH is 1. The number of nitrogens with two attached hydrogens (primary N) is 1. The number of hydrogen-bond acceptors (Lipinski definition) is 3. The molecule has 4 heteroatoms. The summed E-state index contributed by atoms with van der Waals surface area (Å²) >= 11 is 0. The van der Waals surface area contributed by atoms with Crippen molar-refractivity contribution in [1.29, 1.82) is 0 Å². The van der Waals surface area contributed by atoms with Gasteiger partial charge in [-0.25, -0.2) is 0 Å². The Bertz CT molecular complexity index is 152. The SMILES string of the molecule is CC(C)(C)[Si](C)(C)OCCC(N)O. The zero-order valence-electron chi connectivity index (χ0n) is 9.42. The van der Waals surface area contributed by atoms with Crippen LogP contribution in [0.5, 0.6) is 0 Å². The molecular formula is C9H23NO2Si. The molecule has 0 aliphatic rings. The van der Waals surface area contributed by atoms with Gasteiger partial charge in [0.1, 0.15) is 6.23 Å². The van der Waals surface area contributed by atoms with E-state index in [-0.39, 0.29) is 5.04 Å². The second-order valence-electron chi connectivity index (χ2n) is 4.96. The molecule has 0 aliphatic heterocycles. The fourth-order valence-corrected chi connectivity index (χ4v) is 1.71. The maximum atomic E-state index is 8.87. The molecule has 3 nitrogen and oxygen atoms in total. The number of aliphatic hydroxyl groups is 1. The fourth-order valence-electron chi connectivity index (χ4n) is 0.651. The minimum atomic E-state index is -1.64. The van der Waals surface area contributed by atoms with Gasteiger partial charge < -0.3 is 15.3 Å². The molecule has 0 aliphatic carbocycles. The van der Waals surface area contributed by atoms with Crippen LogP contribution in [0.25, 0.3) is 0 Å². The van der Waals surface area contributed by atoms with E-state index in [0.717, 1.165) is 0 Å². The molecule has 80 valence electrons. The van der Waals surface area contributed by atoms with E-state index in [2.05, 4.69) is 33.9 Å². The van der Waals surface area contributed by atoms with Crippen LogP contribution in [0.1, 0.15) is 27.2 Å². The first-order valence-electron chi connectivity index (χ1n) is 4.74. The largest absolute Gasteiger partial charge is 0.417 e. The highest BCUT2D eigenvalue weighted by molar-refractivity contribution is 6.74. The van der Waals surface area contributed by atoms with Crippen molar-refractivity contribution in [3.63, 3.8) is 0 Å². The lowest BCUT2D eigenvalue weighted by atomic mass is 10.2. The predicted octanol–water partition coefficient (Wildman–Crippen LogP) is 1.68. The second-order valence-corrected chi connectivity index (χ2v) is 9.77. The summed E-state index contributed by atoms with van der Waals surface area (Å²) in [5.41, 5.74) is 5.22. The maximum absolute atomic E-state index is 8.87. The van der Waals surface area contributed by atoms with Gasteiger partial charge in [-0.05, 0) is 18.1 Å². The smallest absolute Gasteiger partial charge is 0.191 e. The van der Waals surface area contributed by atoms with Gasteiger partial charge in [-0.1, -0.05) is 20.8 Å². The van der Waals surface area contributed by atoms with E-state index >= 15 is 0 Å². The molecule has 0 radical (unpaired) electrons. The average Bonchev–Trinajstić information content (AvgIpc) is 1.82. The third kappa shape index (κ3) is 4.76. The summed E-state index contributed by atoms with van der Waals surface area (Å²) in [5, 5.41) is 9.09. The van der Waals surface area contributed by atoms with E-state index in [4.69, 9.17) is 15.3 Å². The summed E-state index contributed by atoms with van der Waals surface area (Å²) in [6.45, 7) is 11.5. The Morgan fingerprint density at radius 3 is 2.15 bits per heavy atom. The maximum Gasteiger partial charge on any atom is 0.191 e. The van der Waals surface area contributed by atoms with Gasteiger partial charge in [0.2, 0.25) is 0 Å². The average molecular weight is 205 g/mol. The number of hydrogen-bond donors (Lipinski definition) is 2. The lowest BCUT2D eigenvalue weighted by Gasteiger charge is -2.36. The molecule has 0 amide bonds. The topological polar surface area (TPSA) is 55.5 Å². The van der Waals surface area contributed by atoms with Crippen LogP contribution in [0, 0.1) is 0 Å². The van der Waals surface area contributed by atoms with E-state index in [1.54, 1.807) is 0 Å². The van der Waals surface area contributed by atoms with Gasteiger partial charge >= 0.3 is 0 Å². The minimum Gasteiger partial charge on any atom is -0.417 e. The first-order valence-corrected chi connectivity index (χ1v) is 7.65. The van der Waals surface area contributed by atoms with E-state index in [1.165, 1.54) is 0 Å². The molecule has 0 aromatic carbocycles. The summed E-state index contributed by atoms with van der Waals surface area (Å²) in [5.74, 6) is 0. The van der Waals surface area contributed by atoms with E-state index in [9.17, 15) is 0 Å². The molecule has 0 aromatic heterocycles. The quantitative estimate of drug-likeness (QED) is 0.542. The van der Waals surface area contributed by atoms with Gasteiger partial charge in [0, 0.05) is 13.0 Å². The first-order chi connectivity index (χ1) is 5.67. The zero-order chi connectivity index (χ0) is 10.7. The zero-order valence-corrected chi connectivity index (χ0v) is 10.4. The molecule has 3 N–H and O–H groups in total. The first kappa shape index (κ1) is 13.1. The van der Waals surface area contributed by atoms with E-state index in [0.29, 0.717) is 13.0 Å². The van der Waals surface area contributed by atoms with Crippen LogP contribution in [0.4, 0.5) is 0 Å². The molecule has 0 rings (SSSR count). The molecule has 1 atom stereocenters.